The van der Waals surface area contributed by atoms with Crippen molar-refractivity contribution in [3.63, 3.8) is 0 Å². The summed E-state index contributed by atoms with van der Waals surface area (Å²) in [6.07, 6.45) is -2.23. The van der Waals surface area contributed by atoms with Gasteiger partial charge < -0.3 is 25.2 Å². The second-order valence-corrected chi connectivity index (χ2v) is 11.3. The van der Waals surface area contributed by atoms with Crippen LogP contribution in [-0.2, 0) is 10.9 Å². The molecule has 1 unspecified atom stereocenters. The third-order valence-corrected chi connectivity index (χ3v) is 7.97. The normalized spacial score (nSPS) is 21.5. The van der Waals surface area contributed by atoms with Crippen LogP contribution in [0.1, 0.15) is 36.7 Å². The molecule has 1 amide bonds. The van der Waals surface area contributed by atoms with E-state index in [0.29, 0.717) is 49.4 Å². The molecule has 3 atom stereocenters. The fourth-order valence-corrected chi connectivity index (χ4v) is 5.69. The number of amides is 1. The van der Waals surface area contributed by atoms with Crippen molar-refractivity contribution in [1.29, 1.82) is 0 Å². The van der Waals surface area contributed by atoms with Crippen molar-refractivity contribution in [3.8, 4) is 16.8 Å². The molecule has 15 heteroatoms. The van der Waals surface area contributed by atoms with Crippen LogP contribution in [0.2, 0.25) is 0 Å². The van der Waals surface area contributed by atoms with Crippen molar-refractivity contribution >= 4 is 17.5 Å². The molecule has 0 radical (unpaired) electrons. The van der Waals surface area contributed by atoms with E-state index in [4.69, 9.17) is 10.5 Å². The Labute approximate surface area is 249 Å². The third-order valence-electron chi connectivity index (χ3n) is 7.97. The SMILES string of the molecule is CC1CN(c2cc(F)c(-c3cnc(N4C[C@@H](C)O[C@@H](C)C4)nc3)c(F)c2-n2cc(C(N)=O)c(C(F)(F)F)cc2=O)CCN1C. The van der Waals surface area contributed by atoms with Gasteiger partial charge in [0.1, 0.15) is 11.5 Å². The van der Waals surface area contributed by atoms with E-state index in [1.165, 1.54) is 12.4 Å². The molecule has 236 valence electrons. The Morgan fingerprint density at radius 2 is 1.64 bits per heavy atom. The van der Waals surface area contributed by atoms with Crippen molar-refractivity contribution in [2.45, 2.75) is 45.2 Å². The minimum absolute atomic E-state index is 0.0560. The van der Waals surface area contributed by atoms with Gasteiger partial charge in [-0.25, -0.2) is 18.7 Å². The van der Waals surface area contributed by atoms with E-state index in [1.807, 2.05) is 37.6 Å². The predicted octanol–water partition coefficient (Wildman–Crippen LogP) is 3.44. The number of ether oxygens (including phenoxy) is 1. The van der Waals surface area contributed by atoms with Crippen LogP contribution in [0.5, 0.6) is 0 Å². The number of morpholine rings is 1. The summed E-state index contributed by atoms with van der Waals surface area (Å²) >= 11 is 0. The molecule has 1 aromatic carbocycles. The minimum atomic E-state index is -5.08. The van der Waals surface area contributed by atoms with Gasteiger partial charge in [0.15, 0.2) is 5.82 Å². The first-order chi connectivity index (χ1) is 20.6. The molecule has 44 heavy (non-hydrogen) atoms. The minimum Gasteiger partial charge on any atom is -0.372 e. The largest absolute Gasteiger partial charge is 0.417 e. The lowest BCUT2D eigenvalue weighted by Crippen LogP contribution is -2.50. The van der Waals surface area contributed by atoms with Crippen molar-refractivity contribution < 1.29 is 31.5 Å². The van der Waals surface area contributed by atoms with Gasteiger partial charge in [-0.05, 0) is 27.8 Å². The molecular weight excluding hydrogens is 589 g/mol. The van der Waals surface area contributed by atoms with Crippen LogP contribution in [0.15, 0.2) is 35.5 Å². The van der Waals surface area contributed by atoms with Gasteiger partial charge in [-0.15, -0.1) is 0 Å². The Hall–Kier alpha value is -4.11. The highest BCUT2D eigenvalue weighted by Gasteiger charge is 2.37. The number of piperazine rings is 1. The fourth-order valence-electron chi connectivity index (χ4n) is 5.69. The van der Waals surface area contributed by atoms with Gasteiger partial charge in [-0.2, -0.15) is 13.2 Å². The number of alkyl halides is 3. The molecule has 2 fully saturated rings. The first kappa shape index (κ1) is 31.3. The number of primary amides is 1. The second kappa shape index (κ2) is 11.8. The monoisotopic (exact) mass is 621 g/mol. The van der Waals surface area contributed by atoms with Gasteiger partial charge in [0, 0.05) is 75.1 Å². The average Bonchev–Trinajstić information content (AvgIpc) is 2.93. The number of hydrogen-bond donors (Lipinski definition) is 1. The summed E-state index contributed by atoms with van der Waals surface area (Å²) < 4.78 is 79.8. The van der Waals surface area contributed by atoms with Crippen LogP contribution in [0.3, 0.4) is 0 Å². The van der Waals surface area contributed by atoms with Gasteiger partial charge >= 0.3 is 6.18 Å². The summed E-state index contributed by atoms with van der Waals surface area (Å²) in [5.74, 6) is -3.38. The maximum Gasteiger partial charge on any atom is 0.417 e. The lowest BCUT2D eigenvalue weighted by atomic mass is 10.0. The number of nitrogens with two attached hydrogens (primary N) is 1. The lowest BCUT2D eigenvalue weighted by molar-refractivity contribution is -0.138. The zero-order valence-electron chi connectivity index (χ0n) is 24.5. The Morgan fingerprint density at radius 3 is 2.20 bits per heavy atom. The van der Waals surface area contributed by atoms with Crippen LogP contribution >= 0.6 is 0 Å². The van der Waals surface area contributed by atoms with Crippen molar-refractivity contribution in [2.75, 3.05) is 49.6 Å². The Bertz CT molecular complexity index is 1620. The van der Waals surface area contributed by atoms with Gasteiger partial charge in [0.05, 0.1) is 34.6 Å². The van der Waals surface area contributed by atoms with E-state index in [0.717, 1.165) is 6.07 Å². The smallest absolute Gasteiger partial charge is 0.372 e. The van der Waals surface area contributed by atoms with E-state index in [2.05, 4.69) is 9.97 Å². The van der Waals surface area contributed by atoms with Crippen LogP contribution < -0.4 is 21.1 Å². The molecule has 2 aliphatic heterocycles. The summed E-state index contributed by atoms with van der Waals surface area (Å²) in [7, 11) is 1.88. The van der Waals surface area contributed by atoms with E-state index in [-0.39, 0.29) is 35.6 Å². The summed E-state index contributed by atoms with van der Waals surface area (Å²) in [4.78, 5) is 39.4. The first-order valence-corrected chi connectivity index (χ1v) is 14.0. The molecule has 2 saturated heterocycles. The quantitative estimate of drug-likeness (QED) is 0.432. The summed E-state index contributed by atoms with van der Waals surface area (Å²) in [5.41, 5.74) is 0.108. The molecule has 3 aromatic rings. The summed E-state index contributed by atoms with van der Waals surface area (Å²) in [6.45, 7) is 7.83. The highest BCUT2D eigenvalue weighted by atomic mass is 19.4. The molecule has 5 rings (SSSR count). The number of likely N-dealkylation sites (N-methyl/N-ethyl adjacent to an activating group) is 1. The van der Waals surface area contributed by atoms with Crippen molar-refractivity contribution in [1.82, 2.24) is 19.4 Å². The Morgan fingerprint density at radius 1 is 1.00 bits per heavy atom. The molecule has 0 aliphatic carbocycles. The van der Waals surface area contributed by atoms with Crippen LogP contribution in [0, 0.1) is 11.6 Å². The highest BCUT2D eigenvalue weighted by molar-refractivity contribution is 5.94. The van der Waals surface area contributed by atoms with Gasteiger partial charge in [-0.3, -0.25) is 14.2 Å². The lowest BCUT2D eigenvalue weighted by Gasteiger charge is -2.40. The molecular formula is C29H32F5N7O3. The number of carbonyl (C=O) groups is 1. The standard InChI is InChI=1S/C29H32F5N7O3/c1-15-11-39(6-5-38(15)4)22-8-21(30)24(18-9-36-28(37-10-18)40-12-16(2)44-17(3)13-40)25(31)26(22)41-14-19(27(35)43)20(7-23(41)42)29(32,33)34/h7-10,14-17H,5-6,11-13H2,1-4H3,(H2,35,43)/t15?,16-,17+. The fraction of sp³-hybridized carbons (Fsp3) is 0.448. The number of carbonyl (C=O) groups excluding carboxylic acids is 1. The first-order valence-electron chi connectivity index (χ1n) is 14.0. The number of rotatable bonds is 5. The van der Waals surface area contributed by atoms with E-state index in [1.54, 1.807) is 4.90 Å². The molecule has 0 saturated carbocycles. The zero-order valence-corrected chi connectivity index (χ0v) is 24.5. The number of halogens is 5. The molecule has 2 N–H and O–H groups in total. The molecule has 10 nitrogen and oxygen atoms in total. The molecule has 0 bridgehead atoms. The van der Waals surface area contributed by atoms with Gasteiger partial charge in [0.2, 0.25) is 5.95 Å². The number of benzene rings is 1. The van der Waals surface area contributed by atoms with E-state index in [9.17, 15) is 22.8 Å². The number of nitrogens with zero attached hydrogens (tertiary/aromatic N) is 6. The average molecular weight is 622 g/mol. The predicted molar refractivity (Wildman–Crippen MR) is 153 cm³/mol. The molecule has 2 aromatic heterocycles. The van der Waals surface area contributed by atoms with E-state index < -0.39 is 51.7 Å². The van der Waals surface area contributed by atoms with Crippen LogP contribution in [-0.4, -0.2) is 83.4 Å². The second-order valence-electron chi connectivity index (χ2n) is 11.3. The summed E-state index contributed by atoms with van der Waals surface area (Å²) in [6, 6.07) is 1.15. The van der Waals surface area contributed by atoms with Crippen molar-refractivity contribution in [2.24, 2.45) is 5.73 Å². The van der Waals surface area contributed by atoms with Crippen molar-refractivity contribution in [3.05, 3.63) is 63.8 Å². The van der Waals surface area contributed by atoms with Crippen LogP contribution in [0.25, 0.3) is 16.8 Å². The summed E-state index contributed by atoms with van der Waals surface area (Å²) in [5, 5.41) is 0. The number of anilines is 2. The third kappa shape index (κ3) is 5.98. The number of pyridine rings is 1. The zero-order chi connectivity index (χ0) is 32.1. The van der Waals surface area contributed by atoms with Crippen LogP contribution in [0.4, 0.5) is 33.6 Å². The van der Waals surface area contributed by atoms with E-state index >= 15 is 8.78 Å². The maximum absolute atomic E-state index is 16.6. The Kier molecular flexibility index (Phi) is 8.37. The molecule has 4 heterocycles. The molecule has 2 aliphatic rings. The number of aromatic nitrogens is 3. The Balaban J connectivity index is 1.69. The maximum atomic E-state index is 16.6. The molecule has 0 spiro atoms. The number of hydrogen-bond acceptors (Lipinski definition) is 8. The topological polar surface area (TPSA) is 110 Å². The highest BCUT2D eigenvalue weighted by Crippen LogP contribution is 2.38. The van der Waals surface area contributed by atoms with Gasteiger partial charge in [0.25, 0.3) is 11.5 Å². The van der Waals surface area contributed by atoms with Gasteiger partial charge in [-0.1, -0.05) is 0 Å².